The van der Waals surface area contributed by atoms with Gasteiger partial charge in [-0.05, 0) is 18.6 Å². The number of anilines is 1. The summed E-state index contributed by atoms with van der Waals surface area (Å²) in [6.07, 6.45) is -2.64. The minimum atomic E-state index is -4.62. The van der Waals surface area contributed by atoms with Crippen LogP contribution in [-0.4, -0.2) is 25.1 Å². The standard InChI is InChI=1S/C16H15F3N6O/c1-3-10(15-21-9(2)26-25-15)22-13-8-12(16(17,18)19)23-14(24-13)11-6-4-5-7-20-11/h4-8,10H,3H2,1-2H3,(H,22,23,24). The van der Waals surface area contributed by atoms with Crippen molar-refractivity contribution in [2.75, 3.05) is 5.32 Å². The second-order valence-corrected chi connectivity index (χ2v) is 5.45. The molecule has 3 heterocycles. The lowest BCUT2D eigenvalue weighted by Gasteiger charge is -2.16. The number of nitrogens with one attached hydrogen (secondary N) is 1. The summed E-state index contributed by atoms with van der Waals surface area (Å²) in [4.78, 5) is 15.9. The van der Waals surface area contributed by atoms with Gasteiger partial charge in [0, 0.05) is 19.2 Å². The van der Waals surface area contributed by atoms with Crippen molar-refractivity contribution in [3.05, 3.63) is 47.9 Å². The molecule has 0 saturated heterocycles. The van der Waals surface area contributed by atoms with Crippen molar-refractivity contribution in [2.24, 2.45) is 0 Å². The average molecular weight is 364 g/mol. The van der Waals surface area contributed by atoms with E-state index in [0.29, 0.717) is 18.1 Å². The highest BCUT2D eigenvalue weighted by atomic mass is 19.4. The molecule has 0 aromatic carbocycles. The van der Waals surface area contributed by atoms with Gasteiger partial charge in [0.1, 0.15) is 11.5 Å². The van der Waals surface area contributed by atoms with Crippen molar-refractivity contribution >= 4 is 5.82 Å². The molecule has 3 rings (SSSR count). The molecule has 26 heavy (non-hydrogen) atoms. The highest BCUT2D eigenvalue weighted by molar-refractivity contribution is 5.53. The van der Waals surface area contributed by atoms with Gasteiger partial charge in [-0.25, -0.2) is 9.97 Å². The number of hydrogen-bond acceptors (Lipinski definition) is 7. The molecule has 0 saturated carbocycles. The summed E-state index contributed by atoms with van der Waals surface area (Å²) >= 11 is 0. The van der Waals surface area contributed by atoms with Crippen molar-refractivity contribution in [1.82, 2.24) is 25.1 Å². The van der Waals surface area contributed by atoms with Crippen LogP contribution < -0.4 is 5.32 Å². The molecule has 0 bridgehead atoms. The van der Waals surface area contributed by atoms with E-state index >= 15 is 0 Å². The van der Waals surface area contributed by atoms with Crippen LogP contribution in [0.2, 0.25) is 0 Å². The van der Waals surface area contributed by atoms with Gasteiger partial charge in [-0.3, -0.25) is 4.98 Å². The van der Waals surface area contributed by atoms with Gasteiger partial charge in [0.2, 0.25) is 5.89 Å². The Kier molecular flexibility index (Phi) is 4.83. The molecule has 7 nitrogen and oxygen atoms in total. The SMILES string of the molecule is CCC(Nc1cc(C(F)(F)F)nc(-c2ccccn2)n1)c1noc(C)n1. The molecule has 1 unspecified atom stereocenters. The summed E-state index contributed by atoms with van der Waals surface area (Å²) in [5.74, 6) is 0.592. The zero-order valence-electron chi connectivity index (χ0n) is 13.9. The summed E-state index contributed by atoms with van der Waals surface area (Å²) in [6.45, 7) is 3.48. The zero-order valence-corrected chi connectivity index (χ0v) is 13.9. The Hall–Kier alpha value is -3.04. The van der Waals surface area contributed by atoms with Crippen LogP contribution in [0.5, 0.6) is 0 Å². The van der Waals surface area contributed by atoms with Gasteiger partial charge in [-0.15, -0.1) is 0 Å². The van der Waals surface area contributed by atoms with Gasteiger partial charge in [-0.1, -0.05) is 18.1 Å². The van der Waals surface area contributed by atoms with Crippen LogP contribution in [0.3, 0.4) is 0 Å². The van der Waals surface area contributed by atoms with Gasteiger partial charge < -0.3 is 9.84 Å². The number of pyridine rings is 1. The van der Waals surface area contributed by atoms with E-state index in [2.05, 4.69) is 30.4 Å². The van der Waals surface area contributed by atoms with E-state index in [1.54, 1.807) is 25.1 Å². The maximum absolute atomic E-state index is 13.2. The third-order valence-electron chi connectivity index (χ3n) is 3.50. The Bertz CT molecular complexity index is 881. The maximum Gasteiger partial charge on any atom is 0.433 e. The molecule has 0 aliphatic carbocycles. The van der Waals surface area contributed by atoms with Crippen molar-refractivity contribution in [1.29, 1.82) is 0 Å². The molecule has 0 spiro atoms. The maximum atomic E-state index is 13.2. The quantitative estimate of drug-likeness (QED) is 0.736. The monoisotopic (exact) mass is 364 g/mol. The van der Waals surface area contributed by atoms with Crippen LogP contribution in [0.1, 0.15) is 36.8 Å². The van der Waals surface area contributed by atoms with E-state index in [-0.39, 0.29) is 17.3 Å². The van der Waals surface area contributed by atoms with Crippen molar-refractivity contribution in [3.63, 3.8) is 0 Å². The van der Waals surface area contributed by atoms with Crippen LogP contribution in [0.15, 0.2) is 35.0 Å². The first kappa shape index (κ1) is 17.8. The Morgan fingerprint density at radius 1 is 1.19 bits per heavy atom. The largest absolute Gasteiger partial charge is 0.433 e. The predicted octanol–water partition coefficient (Wildman–Crippen LogP) is 3.81. The van der Waals surface area contributed by atoms with Gasteiger partial charge in [0.05, 0.1) is 6.04 Å². The topological polar surface area (TPSA) is 89.6 Å². The third kappa shape index (κ3) is 3.95. The molecular weight excluding hydrogens is 349 g/mol. The number of aryl methyl sites for hydroxylation is 1. The number of nitrogens with zero attached hydrogens (tertiary/aromatic N) is 5. The molecule has 0 radical (unpaired) electrons. The van der Waals surface area contributed by atoms with Crippen molar-refractivity contribution in [2.45, 2.75) is 32.5 Å². The molecule has 3 aromatic heterocycles. The number of alkyl halides is 3. The van der Waals surface area contributed by atoms with E-state index in [4.69, 9.17) is 4.52 Å². The zero-order chi connectivity index (χ0) is 18.7. The van der Waals surface area contributed by atoms with Gasteiger partial charge in [-0.2, -0.15) is 18.2 Å². The molecule has 1 N–H and O–H groups in total. The van der Waals surface area contributed by atoms with Gasteiger partial charge in [0.25, 0.3) is 0 Å². The second-order valence-electron chi connectivity index (χ2n) is 5.45. The first-order valence-electron chi connectivity index (χ1n) is 7.81. The van der Waals surface area contributed by atoms with Crippen molar-refractivity contribution < 1.29 is 17.7 Å². The normalized spacial score (nSPS) is 12.8. The summed E-state index contributed by atoms with van der Waals surface area (Å²) in [5, 5.41) is 6.73. The summed E-state index contributed by atoms with van der Waals surface area (Å²) < 4.78 is 44.6. The summed E-state index contributed by atoms with van der Waals surface area (Å²) in [7, 11) is 0. The fourth-order valence-electron chi connectivity index (χ4n) is 2.26. The molecule has 0 aliphatic rings. The molecule has 0 fully saturated rings. The van der Waals surface area contributed by atoms with Crippen LogP contribution in [-0.2, 0) is 6.18 Å². The number of hydrogen-bond donors (Lipinski definition) is 1. The average Bonchev–Trinajstić information content (AvgIpc) is 3.05. The highest BCUT2D eigenvalue weighted by Gasteiger charge is 2.34. The Labute approximate surface area is 146 Å². The minimum absolute atomic E-state index is 0.00211. The highest BCUT2D eigenvalue weighted by Crippen LogP contribution is 2.31. The first-order valence-corrected chi connectivity index (χ1v) is 7.81. The molecule has 0 aliphatic heterocycles. The lowest BCUT2D eigenvalue weighted by atomic mass is 10.2. The van der Waals surface area contributed by atoms with E-state index in [9.17, 15) is 13.2 Å². The first-order chi connectivity index (χ1) is 12.4. The van der Waals surface area contributed by atoms with Crippen LogP contribution >= 0.6 is 0 Å². The number of aromatic nitrogens is 5. The third-order valence-corrected chi connectivity index (χ3v) is 3.50. The molecular formula is C16H15F3N6O. The van der Waals surface area contributed by atoms with E-state index in [1.165, 1.54) is 6.20 Å². The predicted molar refractivity (Wildman–Crippen MR) is 86.0 cm³/mol. The van der Waals surface area contributed by atoms with Gasteiger partial charge >= 0.3 is 6.18 Å². The lowest BCUT2D eigenvalue weighted by molar-refractivity contribution is -0.141. The van der Waals surface area contributed by atoms with Crippen LogP contribution in [0.25, 0.3) is 11.5 Å². The molecule has 3 aromatic rings. The molecule has 136 valence electrons. The molecule has 1 atom stereocenters. The fraction of sp³-hybridized carbons (Fsp3) is 0.312. The van der Waals surface area contributed by atoms with E-state index in [1.807, 2.05) is 6.92 Å². The Balaban J connectivity index is 2.00. The Morgan fingerprint density at radius 2 is 2.00 bits per heavy atom. The summed E-state index contributed by atoms with van der Waals surface area (Å²) in [6, 6.07) is 5.24. The van der Waals surface area contributed by atoms with Gasteiger partial charge in [0.15, 0.2) is 17.3 Å². The number of rotatable bonds is 5. The van der Waals surface area contributed by atoms with E-state index in [0.717, 1.165) is 6.07 Å². The lowest BCUT2D eigenvalue weighted by Crippen LogP contribution is -2.16. The van der Waals surface area contributed by atoms with Crippen LogP contribution in [0, 0.1) is 6.92 Å². The smallest absolute Gasteiger partial charge is 0.360 e. The summed E-state index contributed by atoms with van der Waals surface area (Å²) in [5.41, 5.74) is -0.820. The molecule has 0 amide bonds. The Morgan fingerprint density at radius 3 is 2.58 bits per heavy atom. The van der Waals surface area contributed by atoms with Crippen LogP contribution in [0.4, 0.5) is 19.0 Å². The van der Waals surface area contributed by atoms with E-state index < -0.39 is 17.9 Å². The minimum Gasteiger partial charge on any atom is -0.360 e. The number of halogens is 3. The molecule has 10 heteroatoms. The fourth-order valence-corrected chi connectivity index (χ4v) is 2.26. The second kappa shape index (κ2) is 7.06. The van der Waals surface area contributed by atoms with Crippen molar-refractivity contribution in [3.8, 4) is 11.5 Å².